The summed E-state index contributed by atoms with van der Waals surface area (Å²) in [6.07, 6.45) is 5.45. The quantitative estimate of drug-likeness (QED) is 0.726. The van der Waals surface area contributed by atoms with E-state index in [0.29, 0.717) is 0 Å². The van der Waals surface area contributed by atoms with Crippen LogP contribution in [0.25, 0.3) is 6.08 Å². The zero-order chi connectivity index (χ0) is 9.42. The number of hydrogen-bond acceptors (Lipinski definition) is 1. The fourth-order valence-electron chi connectivity index (χ4n) is 1.58. The molecule has 2 heteroatoms. The van der Waals surface area contributed by atoms with E-state index in [1.54, 1.807) is 0 Å². The van der Waals surface area contributed by atoms with E-state index >= 15 is 0 Å². The van der Waals surface area contributed by atoms with Crippen molar-refractivity contribution in [3.05, 3.63) is 33.8 Å². The molecule has 0 heterocycles. The molecule has 1 aliphatic carbocycles. The van der Waals surface area contributed by atoms with Crippen LogP contribution >= 0.6 is 15.9 Å². The van der Waals surface area contributed by atoms with Crippen molar-refractivity contribution in [1.82, 2.24) is 0 Å². The van der Waals surface area contributed by atoms with Crippen molar-refractivity contribution in [1.29, 1.82) is 0 Å². The van der Waals surface area contributed by atoms with Gasteiger partial charge in [-0.3, -0.25) is 0 Å². The first kappa shape index (κ1) is 8.82. The summed E-state index contributed by atoms with van der Waals surface area (Å²) in [6, 6.07) is 4.41. The molecule has 13 heavy (non-hydrogen) atoms. The molecule has 0 fully saturated rings. The number of anilines is 1. The second-order valence-electron chi connectivity index (χ2n) is 3.50. The van der Waals surface area contributed by atoms with Crippen LogP contribution in [0.5, 0.6) is 0 Å². The Morgan fingerprint density at radius 2 is 2.08 bits per heavy atom. The summed E-state index contributed by atoms with van der Waals surface area (Å²) in [5.74, 6) is 0. The number of benzene rings is 1. The molecule has 1 aliphatic rings. The van der Waals surface area contributed by atoms with E-state index in [4.69, 9.17) is 0 Å². The molecule has 2 rings (SSSR count). The first-order chi connectivity index (χ1) is 6.18. The zero-order valence-corrected chi connectivity index (χ0v) is 9.43. The molecule has 0 unspecified atom stereocenters. The Morgan fingerprint density at radius 1 is 1.31 bits per heavy atom. The average Bonchev–Trinajstić information content (AvgIpc) is 2.51. The zero-order valence-electron chi connectivity index (χ0n) is 7.84. The van der Waals surface area contributed by atoms with Crippen LogP contribution in [0.3, 0.4) is 0 Å². The fourth-order valence-corrected chi connectivity index (χ4v) is 2.20. The van der Waals surface area contributed by atoms with Crippen molar-refractivity contribution in [2.45, 2.75) is 6.42 Å². The molecule has 0 amide bonds. The summed E-state index contributed by atoms with van der Waals surface area (Å²) in [5.41, 5.74) is 4.01. The van der Waals surface area contributed by atoms with Crippen LogP contribution in [0.1, 0.15) is 11.1 Å². The Bertz CT molecular complexity index is 367. The molecule has 0 aliphatic heterocycles. The highest BCUT2D eigenvalue weighted by Crippen LogP contribution is 2.31. The summed E-state index contributed by atoms with van der Waals surface area (Å²) in [5, 5.41) is 0. The maximum absolute atomic E-state index is 3.59. The van der Waals surface area contributed by atoms with Crippen molar-refractivity contribution in [2.24, 2.45) is 0 Å². The van der Waals surface area contributed by atoms with E-state index in [9.17, 15) is 0 Å². The molecule has 0 aromatic heterocycles. The molecule has 1 nitrogen and oxygen atoms in total. The minimum atomic E-state index is 1.07. The highest BCUT2D eigenvalue weighted by molar-refractivity contribution is 9.10. The molecule has 68 valence electrons. The van der Waals surface area contributed by atoms with E-state index in [-0.39, 0.29) is 0 Å². The SMILES string of the molecule is CN(C)c1cc(Br)c2c(c1)CC=C2. The highest BCUT2D eigenvalue weighted by Gasteiger charge is 2.10. The second-order valence-corrected chi connectivity index (χ2v) is 4.36. The Hall–Kier alpha value is -0.760. The molecule has 0 bridgehead atoms. The third-order valence-corrected chi connectivity index (χ3v) is 2.99. The number of halogens is 1. The van der Waals surface area contributed by atoms with Crippen LogP contribution < -0.4 is 4.90 Å². The number of fused-ring (bicyclic) bond motifs is 1. The highest BCUT2D eigenvalue weighted by atomic mass is 79.9. The lowest BCUT2D eigenvalue weighted by atomic mass is 10.1. The number of hydrogen-bond donors (Lipinski definition) is 0. The average molecular weight is 238 g/mol. The van der Waals surface area contributed by atoms with Crippen molar-refractivity contribution in [3.8, 4) is 0 Å². The van der Waals surface area contributed by atoms with Crippen LogP contribution in [0, 0.1) is 0 Å². The molecule has 1 aromatic carbocycles. The maximum atomic E-state index is 3.59. The smallest absolute Gasteiger partial charge is 0.0375 e. The largest absolute Gasteiger partial charge is 0.378 e. The Morgan fingerprint density at radius 3 is 2.77 bits per heavy atom. The van der Waals surface area contributed by atoms with Gasteiger partial charge in [0.25, 0.3) is 0 Å². The van der Waals surface area contributed by atoms with Crippen molar-refractivity contribution in [3.63, 3.8) is 0 Å². The minimum Gasteiger partial charge on any atom is -0.378 e. The predicted octanol–water partition coefficient (Wildman–Crippen LogP) is 3.08. The van der Waals surface area contributed by atoms with E-state index in [1.807, 2.05) is 0 Å². The summed E-state index contributed by atoms with van der Waals surface area (Å²) < 4.78 is 1.20. The lowest BCUT2D eigenvalue weighted by Gasteiger charge is -2.15. The Labute approximate surface area is 87.2 Å². The van der Waals surface area contributed by atoms with Gasteiger partial charge < -0.3 is 4.90 Å². The van der Waals surface area contributed by atoms with Gasteiger partial charge in [0.15, 0.2) is 0 Å². The van der Waals surface area contributed by atoms with E-state index in [0.717, 1.165) is 6.42 Å². The topological polar surface area (TPSA) is 3.24 Å². The molecular formula is C11H12BrN. The third kappa shape index (κ3) is 1.51. The van der Waals surface area contributed by atoms with Crippen LogP contribution in [-0.4, -0.2) is 14.1 Å². The molecular weight excluding hydrogens is 226 g/mol. The Balaban J connectivity index is 2.53. The van der Waals surface area contributed by atoms with Crippen LogP contribution in [0.4, 0.5) is 5.69 Å². The van der Waals surface area contributed by atoms with Gasteiger partial charge in [0.2, 0.25) is 0 Å². The minimum absolute atomic E-state index is 1.07. The molecule has 1 aromatic rings. The van der Waals surface area contributed by atoms with Crippen LogP contribution in [0.2, 0.25) is 0 Å². The first-order valence-corrected chi connectivity index (χ1v) is 5.14. The maximum Gasteiger partial charge on any atom is 0.0375 e. The molecule has 0 atom stereocenters. The normalized spacial score (nSPS) is 13.2. The van der Waals surface area contributed by atoms with Crippen molar-refractivity contribution in [2.75, 3.05) is 19.0 Å². The van der Waals surface area contributed by atoms with E-state index in [1.165, 1.54) is 21.3 Å². The standard InChI is InChI=1S/C11H12BrN/c1-13(2)9-6-8-4-3-5-10(8)11(12)7-9/h3,5-7H,4H2,1-2H3. The molecule has 0 radical (unpaired) electrons. The van der Waals surface area contributed by atoms with Gasteiger partial charge in [-0.15, -0.1) is 0 Å². The lowest BCUT2D eigenvalue weighted by molar-refractivity contribution is 1.12. The van der Waals surface area contributed by atoms with E-state index < -0.39 is 0 Å². The van der Waals surface area contributed by atoms with Gasteiger partial charge in [-0.2, -0.15) is 0 Å². The second kappa shape index (κ2) is 3.18. The Kier molecular flexibility index (Phi) is 2.16. The van der Waals surface area contributed by atoms with Gasteiger partial charge in [-0.05, 0) is 29.7 Å². The molecule has 0 saturated heterocycles. The summed E-state index contributed by atoms with van der Waals surface area (Å²) >= 11 is 3.59. The van der Waals surface area contributed by atoms with Gasteiger partial charge >= 0.3 is 0 Å². The summed E-state index contributed by atoms with van der Waals surface area (Å²) in [6.45, 7) is 0. The molecule has 0 spiro atoms. The van der Waals surface area contributed by atoms with Gasteiger partial charge in [0.05, 0.1) is 0 Å². The fraction of sp³-hybridized carbons (Fsp3) is 0.273. The van der Waals surface area contributed by atoms with Gasteiger partial charge in [0, 0.05) is 24.3 Å². The van der Waals surface area contributed by atoms with Crippen LogP contribution in [0.15, 0.2) is 22.7 Å². The monoisotopic (exact) mass is 237 g/mol. The summed E-state index contributed by atoms with van der Waals surface area (Å²) in [4.78, 5) is 2.13. The summed E-state index contributed by atoms with van der Waals surface area (Å²) in [7, 11) is 4.13. The first-order valence-electron chi connectivity index (χ1n) is 4.35. The molecule has 0 N–H and O–H groups in total. The van der Waals surface area contributed by atoms with Gasteiger partial charge in [-0.1, -0.05) is 28.1 Å². The van der Waals surface area contributed by atoms with Crippen molar-refractivity contribution < 1.29 is 0 Å². The van der Waals surface area contributed by atoms with Crippen LogP contribution in [-0.2, 0) is 6.42 Å². The lowest BCUT2D eigenvalue weighted by Crippen LogP contribution is -2.09. The molecule has 0 saturated carbocycles. The predicted molar refractivity (Wildman–Crippen MR) is 61.2 cm³/mol. The van der Waals surface area contributed by atoms with Gasteiger partial charge in [-0.25, -0.2) is 0 Å². The van der Waals surface area contributed by atoms with Crippen molar-refractivity contribution >= 4 is 27.7 Å². The number of rotatable bonds is 1. The number of allylic oxidation sites excluding steroid dienone is 1. The third-order valence-electron chi connectivity index (χ3n) is 2.34. The van der Waals surface area contributed by atoms with E-state index in [2.05, 4.69) is 59.2 Å². The number of nitrogens with zero attached hydrogens (tertiary/aromatic N) is 1. The van der Waals surface area contributed by atoms with Gasteiger partial charge in [0.1, 0.15) is 0 Å².